The maximum Gasteiger partial charge on any atom is 0.241 e. The molecule has 25 heavy (non-hydrogen) atoms. The zero-order valence-corrected chi connectivity index (χ0v) is 14.2. The highest BCUT2D eigenvalue weighted by atomic mass is 32.2. The molecular formula is C16H17N3O5S. The number of rotatable bonds is 6. The first kappa shape index (κ1) is 17.2. The van der Waals surface area contributed by atoms with Crippen molar-refractivity contribution < 1.29 is 22.4 Å². The molecular weight excluding hydrogens is 346 g/mol. The van der Waals surface area contributed by atoms with Gasteiger partial charge >= 0.3 is 0 Å². The van der Waals surface area contributed by atoms with Gasteiger partial charge in [-0.1, -0.05) is 0 Å². The van der Waals surface area contributed by atoms with Gasteiger partial charge in [-0.15, -0.1) is 0 Å². The molecule has 3 N–H and O–H groups in total. The number of carbonyl (C=O) groups excluding carboxylic acids is 2. The number of hydrogen-bond acceptors (Lipinski definition) is 5. The van der Waals surface area contributed by atoms with Crippen LogP contribution in [0.3, 0.4) is 0 Å². The van der Waals surface area contributed by atoms with Crippen molar-refractivity contribution in [1.29, 1.82) is 0 Å². The number of hydrogen-bond donors (Lipinski definition) is 3. The third-order valence-electron chi connectivity index (χ3n) is 3.75. The van der Waals surface area contributed by atoms with Crippen molar-refractivity contribution in [3.63, 3.8) is 0 Å². The van der Waals surface area contributed by atoms with Crippen LogP contribution in [-0.4, -0.2) is 26.3 Å². The molecule has 132 valence electrons. The Hall–Kier alpha value is -2.65. The molecule has 0 bridgehead atoms. The lowest BCUT2D eigenvalue weighted by molar-refractivity contribution is -0.122. The first-order chi connectivity index (χ1) is 11.8. The second kappa shape index (κ2) is 6.69. The normalized spacial score (nSPS) is 14.7. The van der Waals surface area contributed by atoms with Crippen molar-refractivity contribution in [2.75, 3.05) is 5.32 Å². The minimum atomic E-state index is -3.89. The zero-order chi connectivity index (χ0) is 18.0. The molecule has 0 aliphatic carbocycles. The second-order valence-electron chi connectivity index (χ2n) is 5.68. The molecule has 3 rings (SSSR count). The van der Waals surface area contributed by atoms with Gasteiger partial charge in [0.25, 0.3) is 0 Å². The first-order valence-electron chi connectivity index (χ1n) is 7.60. The fraction of sp³-hybridized carbons (Fsp3) is 0.250. The molecule has 0 saturated carbocycles. The predicted octanol–water partition coefficient (Wildman–Crippen LogP) is 0.757. The Balaban J connectivity index is 1.65. The summed E-state index contributed by atoms with van der Waals surface area (Å²) >= 11 is 0. The molecule has 0 unspecified atom stereocenters. The average molecular weight is 363 g/mol. The van der Waals surface area contributed by atoms with Gasteiger partial charge in [-0.3, -0.25) is 9.59 Å². The molecule has 0 radical (unpaired) electrons. The number of furan rings is 1. The van der Waals surface area contributed by atoms with Gasteiger partial charge in [-0.2, -0.15) is 4.72 Å². The Kier molecular flexibility index (Phi) is 4.60. The van der Waals surface area contributed by atoms with Crippen LogP contribution in [0.25, 0.3) is 0 Å². The number of fused-ring (bicyclic) bond motifs is 1. The third kappa shape index (κ3) is 3.89. The molecule has 1 aromatic heterocycles. The van der Waals surface area contributed by atoms with Crippen LogP contribution in [0.1, 0.15) is 18.2 Å². The lowest BCUT2D eigenvalue weighted by atomic mass is 10.2. The second-order valence-corrected chi connectivity index (χ2v) is 7.40. The largest absolute Gasteiger partial charge is 0.467 e. The highest BCUT2D eigenvalue weighted by Crippen LogP contribution is 2.25. The van der Waals surface area contributed by atoms with Gasteiger partial charge in [0.2, 0.25) is 21.8 Å². The maximum atomic E-state index is 12.4. The Morgan fingerprint density at radius 3 is 2.88 bits per heavy atom. The molecule has 1 atom stereocenters. The maximum absolute atomic E-state index is 12.4. The van der Waals surface area contributed by atoms with Crippen LogP contribution in [0, 0.1) is 0 Å². The van der Waals surface area contributed by atoms with E-state index in [4.69, 9.17) is 4.42 Å². The molecule has 0 fully saturated rings. The highest BCUT2D eigenvalue weighted by Gasteiger charge is 2.25. The number of anilines is 1. The lowest BCUT2D eigenvalue weighted by Gasteiger charge is -2.14. The van der Waals surface area contributed by atoms with Gasteiger partial charge in [0, 0.05) is 5.69 Å². The number of amides is 2. The summed E-state index contributed by atoms with van der Waals surface area (Å²) in [5, 5.41) is 5.23. The molecule has 9 heteroatoms. The Bertz CT molecular complexity index is 906. The molecule has 8 nitrogen and oxygen atoms in total. The topological polar surface area (TPSA) is 118 Å². The van der Waals surface area contributed by atoms with E-state index in [1.807, 2.05) is 0 Å². The van der Waals surface area contributed by atoms with Crippen LogP contribution >= 0.6 is 0 Å². The summed E-state index contributed by atoms with van der Waals surface area (Å²) in [6, 6.07) is 6.79. The summed E-state index contributed by atoms with van der Waals surface area (Å²) in [6.45, 7) is 1.62. The van der Waals surface area contributed by atoms with E-state index in [2.05, 4.69) is 15.4 Å². The van der Waals surface area contributed by atoms with Crippen molar-refractivity contribution in [3.05, 3.63) is 47.9 Å². The van der Waals surface area contributed by atoms with Gasteiger partial charge in [0.05, 0.1) is 30.2 Å². The van der Waals surface area contributed by atoms with Crippen LogP contribution in [-0.2, 0) is 32.6 Å². The van der Waals surface area contributed by atoms with Gasteiger partial charge in [0.15, 0.2) is 0 Å². The number of sulfonamides is 1. The van der Waals surface area contributed by atoms with Crippen LogP contribution in [0.2, 0.25) is 0 Å². The highest BCUT2D eigenvalue weighted by molar-refractivity contribution is 7.89. The van der Waals surface area contributed by atoms with Crippen molar-refractivity contribution >= 4 is 27.5 Å². The molecule has 0 saturated heterocycles. The van der Waals surface area contributed by atoms with E-state index in [9.17, 15) is 18.0 Å². The van der Waals surface area contributed by atoms with Crippen LogP contribution in [0.15, 0.2) is 45.9 Å². The lowest BCUT2D eigenvalue weighted by Crippen LogP contribution is -2.44. The minimum absolute atomic E-state index is 0.00781. The van der Waals surface area contributed by atoms with E-state index in [-0.39, 0.29) is 23.8 Å². The molecule has 2 amide bonds. The minimum Gasteiger partial charge on any atom is -0.467 e. The van der Waals surface area contributed by atoms with Gasteiger partial charge in [-0.25, -0.2) is 8.42 Å². The molecule has 1 aromatic carbocycles. The zero-order valence-electron chi connectivity index (χ0n) is 13.4. The predicted molar refractivity (Wildman–Crippen MR) is 89.1 cm³/mol. The first-order valence-corrected chi connectivity index (χ1v) is 9.09. The van der Waals surface area contributed by atoms with Gasteiger partial charge in [-0.05, 0) is 42.8 Å². The average Bonchev–Trinajstić information content (AvgIpc) is 3.19. The van der Waals surface area contributed by atoms with Gasteiger partial charge < -0.3 is 15.1 Å². The molecule has 0 spiro atoms. The summed E-state index contributed by atoms with van der Waals surface area (Å²) in [5.41, 5.74) is 1.22. The van der Waals surface area contributed by atoms with E-state index in [0.29, 0.717) is 17.0 Å². The summed E-state index contributed by atoms with van der Waals surface area (Å²) in [6.07, 6.45) is 1.62. The standard InChI is InChI=1S/C16H17N3O5S/c1-10(16(21)17-9-12-3-2-6-24-12)19-25(22,23)13-4-5-14-11(7-13)8-15(20)18-14/h2-7,10,19H,8-9H2,1H3,(H,17,21)(H,18,20)/t10-/m0/s1. The van der Waals surface area contributed by atoms with Crippen LogP contribution < -0.4 is 15.4 Å². The van der Waals surface area contributed by atoms with E-state index in [0.717, 1.165) is 0 Å². The SMILES string of the molecule is C[C@H](NS(=O)(=O)c1ccc2c(c1)CC(=O)N2)C(=O)NCc1ccco1. The quantitative estimate of drug-likeness (QED) is 0.700. The fourth-order valence-corrected chi connectivity index (χ4v) is 3.72. The number of nitrogens with one attached hydrogen (secondary N) is 3. The number of benzene rings is 1. The molecule has 1 aliphatic heterocycles. The summed E-state index contributed by atoms with van der Waals surface area (Å²) in [7, 11) is -3.89. The molecule has 2 aromatic rings. The van der Waals surface area contributed by atoms with Crippen LogP contribution in [0.5, 0.6) is 0 Å². The Morgan fingerprint density at radius 1 is 1.36 bits per heavy atom. The van der Waals surface area contributed by atoms with E-state index < -0.39 is 22.0 Å². The monoisotopic (exact) mass is 363 g/mol. The third-order valence-corrected chi connectivity index (χ3v) is 5.29. The van der Waals surface area contributed by atoms with Crippen molar-refractivity contribution in [1.82, 2.24) is 10.0 Å². The summed E-state index contributed by atoms with van der Waals surface area (Å²) in [5.74, 6) is -0.0830. The summed E-state index contributed by atoms with van der Waals surface area (Å²) < 4.78 is 32.3. The fourth-order valence-electron chi connectivity index (χ4n) is 2.47. The van der Waals surface area contributed by atoms with Crippen molar-refractivity contribution in [3.8, 4) is 0 Å². The number of carbonyl (C=O) groups is 2. The van der Waals surface area contributed by atoms with Crippen molar-refractivity contribution in [2.24, 2.45) is 0 Å². The van der Waals surface area contributed by atoms with E-state index in [1.54, 1.807) is 12.1 Å². The Morgan fingerprint density at radius 2 is 2.16 bits per heavy atom. The van der Waals surface area contributed by atoms with Gasteiger partial charge in [0.1, 0.15) is 5.76 Å². The molecule has 2 heterocycles. The molecule has 1 aliphatic rings. The Labute approximate surface area is 144 Å². The van der Waals surface area contributed by atoms with E-state index in [1.165, 1.54) is 31.4 Å². The van der Waals surface area contributed by atoms with Crippen LogP contribution in [0.4, 0.5) is 5.69 Å². The summed E-state index contributed by atoms with van der Waals surface area (Å²) in [4.78, 5) is 23.4. The van der Waals surface area contributed by atoms with E-state index >= 15 is 0 Å². The van der Waals surface area contributed by atoms with Crippen molar-refractivity contribution in [2.45, 2.75) is 30.8 Å². The smallest absolute Gasteiger partial charge is 0.241 e.